The number of fused-ring (bicyclic) bond motifs is 1. The number of nitrogens with zero attached hydrogens (tertiary/aromatic N) is 2. The molecule has 0 atom stereocenters. The van der Waals surface area contributed by atoms with Crippen LogP contribution >= 0.6 is 0 Å². The number of furan rings is 1. The Hall–Kier alpha value is -3.40. The van der Waals surface area contributed by atoms with E-state index in [1.807, 2.05) is 53.2 Å². The van der Waals surface area contributed by atoms with E-state index >= 15 is 0 Å². The first-order valence-electron chi connectivity index (χ1n) is 8.48. The van der Waals surface area contributed by atoms with E-state index in [1.165, 1.54) is 5.56 Å². The summed E-state index contributed by atoms with van der Waals surface area (Å²) in [4.78, 5) is 16.8. The lowest BCUT2D eigenvalue weighted by Gasteiger charge is -2.07. The summed E-state index contributed by atoms with van der Waals surface area (Å²) in [6.07, 6.45) is 1.92. The van der Waals surface area contributed by atoms with Crippen molar-refractivity contribution in [2.24, 2.45) is 4.99 Å². The first-order chi connectivity index (χ1) is 12.7. The van der Waals surface area contributed by atoms with Gasteiger partial charge in [-0.25, -0.2) is 0 Å². The Bertz CT molecular complexity index is 1100. The van der Waals surface area contributed by atoms with E-state index in [-0.39, 0.29) is 11.7 Å². The number of carbonyl (C=O) groups is 1. The zero-order valence-electron chi connectivity index (χ0n) is 14.4. The number of para-hydroxylation sites is 1. The maximum Gasteiger partial charge on any atom is 0.314 e. The lowest BCUT2D eigenvalue weighted by molar-refractivity contribution is 0.0973. The van der Waals surface area contributed by atoms with Crippen LogP contribution in [0.2, 0.25) is 0 Å². The van der Waals surface area contributed by atoms with Crippen LogP contribution in [-0.4, -0.2) is 10.5 Å². The first-order valence-corrected chi connectivity index (χ1v) is 8.48. The van der Waals surface area contributed by atoms with Gasteiger partial charge >= 0.3 is 5.91 Å². The van der Waals surface area contributed by atoms with E-state index in [1.54, 1.807) is 6.07 Å². The SMILES string of the molecule is Cc1ccc(Cn2ccccc2=NC(=O)c2cc3ccccc3o2)cc1. The average molecular weight is 342 g/mol. The molecule has 0 unspecified atom stereocenters. The molecule has 0 N–H and O–H groups in total. The van der Waals surface area contributed by atoms with E-state index in [0.29, 0.717) is 17.6 Å². The fraction of sp³-hybridized carbons (Fsp3) is 0.0909. The van der Waals surface area contributed by atoms with Gasteiger partial charge in [0.05, 0.1) is 0 Å². The minimum Gasteiger partial charge on any atom is -0.451 e. The van der Waals surface area contributed by atoms with Gasteiger partial charge in [0, 0.05) is 18.1 Å². The molecule has 0 aliphatic heterocycles. The van der Waals surface area contributed by atoms with Gasteiger partial charge in [0.15, 0.2) is 5.76 Å². The number of hydrogen-bond donors (Lipinski definition) is 0. The largest absolute Gasteiger partial charge is 0.451 e. The van der Waals surface area contributed by atoms with E-state index in [2.05, 4.69) is 36.2 Å². The molecule has 0 saturated carbocycles. The molecule has 1 amide bonds. The number of carbonyl (C=O) groups excluding carboxylic acids is 1. The number of hydrogen-bond acceptors (Lipinski definition) is 2. The Morgan fingerprint density at radius 1 is 1.00 bits per heavy atom. The third-order valence-electron chi connectivity index (χ3n) is 4.24. The second-order valence-corrected chi connectivity index (χ2v) is 6.24. The average Bonchev–Trinajstić information content (AvgIpc) is 3.09. The molecule has 2 heterocycles. The highest BCUT2D eigenvalue weighted by Gasteiger charge is 2.11. The summed E-state index contributed by atoms with van der Waals surface area (Å²) >= 11 is 0. The number of benzene rings is 2. The van der Waals surface area contributed by atoms with Crippen LogP contribution in [0, 0.1) is 6.92 Å². The van der Waals surface area contributed by atoms with Gasteiger partial charge < -0.3 is 8.98 Å². The van der Waals surface area contributed by atoms with E-state index in [0.717, 1.165) is 10.9 Å². The highest BCUT2D eigenvalue weighted by atomic mass is 16.3. The minimum atomic E-state index is -0.384. The van der Waals surface area contributed by atoms with E-state index in [9.17, 15) is 4.79 Å². The molecule has 4 nitrogen and oxygen atoms in total. The summed E-state index contributed by atoms with van der Waals surface area (Å²) in [6.45, 7) is 2.71. The van der Waals surface area contributed by atoms with Gasteiger partial charge in [0.25, 0.3) is 0 Å². The van der Waals surface area contributed by atoms with Crippen molar-refractivity contribution in [1.29, 1.82) is 0 Å². The Balaban J connectivity index is 1.68. The molecule has 0 spiro atoms. The molecule has 4 aromatic rings. The maximum absolute atomic E-state index is 12.6. The highest BCUT2D eigenvalue weighted by Crippen LogP contribution is 2.19. The number of rotatable bonds is 3. The number of pyridine rings is 1. The molecular formula is C22H18N2O2. The Kier molecular flexibility index (Phi) is 4.23. The molecule has 0 aliphatic carbocycles. The van der Waals surface area contributed by atoms with Crippen molar-refractivity contribution in [3.63, 3.8) is 0 Å². The van der Waals surface area contributed by atoms with Crippen molar-refractivity contribution in [2.45, 2.75) is 13.5 Å². The molecule has 0 bridgehead atoms. The molecule has 4 heteroatoms. The molecule has 0 saturated heterocycles. The fourth-order valence-electron chi connectivity index (χ4n) is 2.84. The molecule has 128 valence electrons. The van der Waals surface area contributed by atoms with E-state index < -0.39 is 0 Å². The van der Waals surface area contributed by atoms with Gasteiger partial charge in [-0.15, -0.1) is 0 Å². The normalized spacial score (nSPS) is 11.8. The van der Waals surface area contributed by atoms with Crippen molar-refractivity contribution < 1.29 is 9.21 Å². The standard InChI is InChI=1S/C22H18N2O2/c1-16-9-11-17(12-10-16)15-24-13-5-4-8-21(24)23-22(25)20-14-18-6-2-3-7-19(18)26-20/h2-14H,15H2,1H3. The van der Waals surface area contributed by atoms with Gasteiger partial charge in [-0.1, -0.05) is 54.1 Å². The molecular weight excluding hydrogens is 324 g/mol. The van der Waals surface area contributed by atoms with Crippen molar-refractivity contribution in [3.05, 3.63) is 101 Å². The second-order valence-electron chi connectivity index (χ2n) is 6.24. The van der Waals surface area contributed by atoms with Crippen molar-refractivity contribution in [2.75, 3.05) is 0 Å². The number of aromatic nitrogens is 1. The quantitative estimate of drug-likeness (QED) is 0.556. The molecule has 0 fully saturated rings. The molecule has 0 radical (unpaired) electrons. The number of aryl methyl sites for hydroxylation is 1. The zero-order valence-corrected chi connectivity index (χ0v) is 14.4. The maximum atomic E-state index is 12.6. The predicted octanol–water partition coefficient (Wildman–Crippen LogP) is 4.33. The molecule has 4 rings (SSSR count). The third kappa shape index (κ3) is 3.35. The van der Waals surface area contributed by atoms with E-state index in [4.69, 9.17) is 4.42 Å². The number of amides is 1. The van der Waals surface area contributed by atoms with Crippen LogP contribution in [0.15, 0.2) is 88.4 Å². The summed E-state index contributed by atoms with van der Waals surface area (Å²) in [5.41, 5.74) is 3.65. The van der Waals surface area contributed by atoms with Gasteiger partial charge in [-0.2, -0.15) is 4.99 Å². The van der Waals surface area contributed by atoms with Gasteiger partial charge in [-0.05, 0) is 36.8 Å². The molecule has 0 aliphatic rings. The van der Waals surface area contributed by atoms with Crippen molar-refractivity contribution >= 4 is 16.9 Å². The molecule has 2 aromatic carbocycles. The molecule has 26 heavy (non-hydrogen) atoms. The van der Waals surface area contributed by atoms with Gasteiger partial charge in [0.1, 0.15) is 11.1 Å². The van der Waals surface area contributed by atoms with Crippen LogP contribution in [0.5, 0.6) is 0 Å². The highest BCUT2D eigenvalue weighted by molar-refractivity contribution is 5.96. The van der Waals surface area contributed by atoms with Crippen LogP contribution in [0.4, 0.5) is 0 Å². The van der Waals surface area contributed by atoms with Crippen LogP contribution in [0.3, 0.4) is 0 Å². The van der Waals surface area contributed by atoms with Crippen molar-refractivity contribution in [1.82, 2.24) is 4.57 Å². The van der Waals surface area contributed by atoms with Gasteiger partial charge in [-0.3, -0.25) is 4.79 Å². The minimum absolute atomic E-state index is 0.247. The summed E-state index contributed by atoms with van der Waals surface area (Å²) in [5, 5.41) is 0.895. The third-order valence-corrected chi connectivity index (χ3v) is 4.24. The Labute approximate surface area is 151 Å². The van der Waals surface area contributed by atoms with Crippen LogP contribution in [-0.2, 0) is 6.54 Å². The fourth-order valence-corrected chi connectivity index (χ4v) is 2.84. The van der Waals surface area contributed by atoms with Crippen LogP contribution < -0.4 is 5.49 Å². The Morgan fingerprint density at radius 2 is 1.77 bits per heavy atom. The lowest BCUT2D eigenvalue weighted by atomic mass is 10.1. The topological polar surface area (TPSA) is 47.5 Å². The van der Waals surface area contributed by atoms with Crippen LogP contribution in [0.1, 0.15) is 21.7 Å². The lowest BCUT2D eigenvalue weighted by Crippen LogP contribution is -2.22. The summed E-state index contributed by atoms with van der Waals surface area (Å²) < 4.78 is 7.57. The van der Waals surface area contributed by atoms with Crippen molar-refractivity contribution in [3.8, 4) is 0 Å². The summed E-state index contributed by atoms with van der Waals surface area (Å²) in [7, 11) is 0. The smallest absolute Gasteiger partial charge is 0.314 e. The first kappa shape index (κ1) is 16.1. The zero-order chi connectivity index (χ0) is 17.9. The van der Waals surface area contributed by atoms with Gasteiger partial charge in [0.2, 0.25) is 0 Å². The molecule has 2 aromatic heterocycles. The summed E-state index contributed by atoms with van der Waals surface area (Å²) in [6, 6.07) is 23.2. The predicted molar refractivity (Wildman–Crippen MR) is 101 cm³/mol. The van der Waals surface area contributed by atoms with Crippen LogP contribution in [0.25, 0.3) is 11.0 Å². The monoisotopic (exact) mass is 342 g/mol. The summed E-state index contributed by atoms with van der Waals surface area (Å²) in [5.74, 6) is -0.137. The Morgan fingerprint density at radius 3 is 2.58 bits per heavy atom. The second kappa shape index (κ2) is 6.84.